The normalized spacial score (nSPS) is 16.1. The summed E-state index contributed by atoms with van der Waals surface area (Å²) in [7, 11) is 1.82. The van der Waals surface area contributed by atoms with Crippen molar-refractivity contribution in [2.45, 2.75) is 65.2 Å². The zero-order chi connectivity index (χ0) is 29.5. The highest BCUT2D eigenvalue weighted by molar-refractivity contribution is 6.04. The van der Waals surface area contributed by atoms with Crippen LogP contribution in [0.2, 0.25) is 0 Å². The fraction of sp³-hybridized carbons (Fsp3) is 0.500. The molecule has 1 aliphatic rings. The van der Waals surface area contributed by atoms with Crippen molar-refractivity contribution in [3.05, 3.63) is 75.5 Å². The summed E-state index contributed by atoms with van der Waals surface area (Å²) in [5, 5.41) is 13.8. The molecule has 8 nitrogen and oxygen atoms in total. The average Bonchev–Trinajstić information content (AvgIpc) is 3.25. The van der Waals surface area contributed by atoms with E-state index in [0.717, 1.165) is 6.20 Å². The largest absolute Gasteiger partial charge is 0.406 e. The van der Waals surface area contributed by atoms with Crippen LogP contribution in [0.1, 0.15) is 67.8 Å². The van der Waals surface area contributed by atoms with Crippen molar-refractivity contribution in [2.24, 2.45) is 18.4 Å². The van der Waals surface area contributed by atoms with Crippen LogP contribution < -0.4 is 16.2 Å². The van der Waals surface area contributed by atoms with Crippen molar-refractivity contribution >= 4 is 11.6 Å². The molecular weight excluding hydrogens is 528 g/mol. The lowest BCUT2D eigenvalue weighted by molar-refractivity contribution is -0.141. The van der Waals surface area contributed by atoms with Gasteiger partial charge < -0.3 is 19.8 Å². The number of alkyl halides is 3. The number of nitrogens with one attached hydrogen (secondary N) is 2. The Morgan fingerprint density at radius 1 is 1.18 bits per heavy atom. The van der Waals surface area contributed by atoms with E-state index in [9.17, 15) is 27.2 Å². The Hall–Kier alpha value is -3.54. The Morgan fingerprint density at radius 2 is 1.88 bits per heavy atom. The summed E-state index contributed by atoms with van der Waals surface area (Å²) in [6.45, 7) is 7.35. The van der Waals surface area contributed by atoms with Crippen LogP contribution in [0.25, 0.3) is 0 Å². The smallest absolute Gasteiger partial charge is 0.320 e. The molecular formula is C28H34F4N6O2. The third-order valence-corrected chi connectivity index (χ3v) is 7.09. The van der Waals surface area contributed by atoms with Gasteiger partial charge in [-0.1, -0.05) is 33.8 Å². The number of benzene rings is 1. The van der Waals surface area contributed by atoms with Crippen LogP contribution in [0.15, 0.2) is 41.6 Å². The van der Waals surface area contributed by atoms with Gasteiger partial charge in [0.15, 0.2) is 0 Å². The van der Waals surface area contributed by atoms with Crippen molar-refractivity contribution in [1.82, 2.24) is 24.6 Å². The molecule has 0 spiro atoms. The third-order valence-electron chi connectivity index (χ3n) is 7.09. The highest BCUT2D eigenvalue weighted by Crippen LogP contribution is 2.58. The van der Waals surface area contributed by atoms with Crippen molar-refractivity contribution < 1.29 is 22.4 Å². The SMILES string of the molecule is CC(C)CNCc1cc(C(=O)Nc2cc(C3(c4nncn4C)CC(C)(C)C3)ccc2F)c(=O)n(CC(F)(F)F)c1. The molecule has 1 saturated carbocycles. The minimum absolute atomic E-state index is 0.00262. The first-order valence-electron chi connectivity index (χ1n) is 13.1. The van der Waals surface area contributed by atoms with E-state index in [4.69, 9.17) is 0 Å². The van der Waals surface area contributed by atoms with Crippen LogP contribution in [-0.2, 0) is 25.6 Å². The quantitative estimate of drug-likeness (QED) is 0.366. The Labute approximate surface area is 229 Å². The second-order valence-electron chi connectivity index (χ2n) is 11.8. The number of hydrogen-bond donors (Lipinski definition) is 2. The predicted octanol–water partition coefficient (Wildman–Crippen LogP) is 4.78. The second kappa shape index (κ2) is 10.8. The van der Waals surface area contributed by atoms with Gasteiger partial charge in [0.05, 0.1) is 11.1 Å². The fourth-order valence-electron chi connectivity index (χ4n) is 5.67. The summed E-state index contributed by atoms with van der Waals surface area (Å²) in [6, 6.07) is 5.60. The van der Waals surface area contributed by atoms with Crippen molar-refractivity contribution in [1.29, 1.82) is 0 Å². The van der Waals surface area contributed by atoms with Gasteiger partial charge in [0, 0.05) is 19.8 Å². The summed E-state index contributed by atoms with van der Waals surface area (Å²) >= 11 is 0. The summed E-state index contributed by atoms with van der Waals surface area (Å²) in [6.07, 6.45) is -0.585. The van der Waals surface area contributed by atoms with Crippen LogP contribution in [0.5, 0.6) is 0 Å². The molecule has 1 aliphatic carbocycles. The molecule has 216 valence electrons. The molecule has 0 atom stereocenters. The van der Waals surface area contributed by atoms with Crippen LogP contribution in [0.4, 0.5) is 23.2 Å². The monoisotopic (exact) mass is 562 g/mol. The van der Waals surface area contributed by atoms with E-state index in [0.29, 0.717) is 40.9 Å². The van der Waals surface area contributed by atoms with Gasteiger partial charge in [-0.2, -0.15) is 13.2 Å². The Kier molecular flexibility index (Phi) is 7.94. The first kappa shape index (κ1) is 29.4. The topological polar surface area (TPSA) is 93.8 Å². The Morgan fingerprint density at radius 3 is 2.45 bits per heavy atom. The lowest BCUT2D eigenvalue weighted by atomic mass is 9.51. The van der Waals surface area contributed by atoms with E-state index in [1.165, 1.54) is 18.2 Å². The maximum Gasteiger partial charge on any atom is 0.406 e. The molecule has 2 aromatic heterocycles. The van der Waals surface area contributed by atoms with Gasteiger partial charge >= 0.3 is 6.18 Å². The minimum Gasteiger partial charge on any atom is -0.320 e. The van der Waals surface area contributed by atoms with E-state index in [2.05, 4.69) is 34.7 Å². The lowest BCUT2D eigenvalue weighted by Gasteiger charge is -2.52. The Bertz CT molecular complexity index is 1450. The molecule has 0 aliphatic heterocycles. The number of aryl methyl sites for hydroxylation is 1. The van der Waals surface area contributed by atoms with Gasteiger partial charge in [0.25, 0.3) is 11.5 Å². The molecule has 0 radical (unpaired) electrons. The van der Waals surface area contributed by atoms with E-state index in [1.807, 2.05) is 20.9 Å². The first-order valence-corrected chi connectivity index (χ1v) is 13.1. The number of hydrogen-bond acceptors (Lipinski definition) is 5. The maximum atomic E-state index is 15.0. The molecule has 2 N–H and O–H groups in total. The number of carbonyl (C=O) groups is 1. The van der Waals surface area contributed by atoms with Gasteiger partial charge in [-0.15, -0.1) is 10.2 Å². The van der Waals surface area contributed by atoms with Crippen LogP contribution >= 0.6 is 0 Å². The van der Waals surface area contributed by atoms with E-state index >= 15 is 0 Å². The van der Waals surface area contributed by atoms with Crippen molar-refractivity contribution in [2.75, 3.05) is 11.9 Å². The maximum absolute atomic E-state index is 15.0. The Balaban J connectivity index is 1.69. The summed E-state index contributed by atoms with van der Waals surface area (Å²) in [4.78, 5) is 26.2. The highest BCUT2D eigenvalue weighted by Gasteiger charge is 2.54. The average molecular weight is 563 g/mol. The molecule has 12 heteroatoms. The fourth-order valence-corrected chi connectivity index (χ4v) is 5.67. The molecule has 0 unspecified atom stereocenters. The number of amides is 1. The second-order valence-corrected chi connectivity index (χ2v) is 11.8. The van der Waals surface area contributed by atoms with Crippen LogP contribution in [0.3, 0.4) is 0 Å². The molecule has 40 heavy (non-hydrogen) atoms. The number of halogens is 4. The predicted molar refractivity (Wildman–Crippen MR) is 142 cm³/mol. The highest BCUT2D eigenvalue weighted by atomic mass is 19.4. The standard InChI is InChI=1S/C28H34F4N6O2/c1-17(2)10-33-11-18-8-20(24(40)38(12-18)15-28(30,31)32)23(39)35-22-9-19(6-7-21(22)29)27(13-26(3,4)14-27)25-36-34-16-37(25)5/h6-9,12,16-17,33H,10-11,13-15H2,1-5H3,(H,35,39). The molecule has 1 fully saturated rings. The van der Waals surface area contributed by atoms with Crippen molar-refractivity contribution in [3.8, 4) is 0 Å². The number of pyridine rings is 1. The van der Waals surface area contributed by atoms with Crippen LogP contribution in [-0.4, -0.2) is 38.0 Å². The summed E-state index contributed by atoms with van der Waals surface area (Å²) in [5.74, 6) is -0.754. The van der Waals surface area contributed by atoms with Crippen molar-refractivity contribution in [3.63, 3.8) is 0 Å². The molecule has 3 aromatic rings. The molecule has 1 amide bonds. The van der Waals surface area contributed by atoms with Gasteiger partial charge in [-0.3, -0.25) is 9.59 Å². The van der Waals surface area contributed by atoms with E-state index < -0.39 is 41.0 Å². The number of carbonyl (C=O) groups excluding carboxylic acids is 1. The van der Waals surface area contributed by atoms with Gasteiger partial charge in [-0.05, 0) is 60.0 Å². The molecule has 0 bridgehead atoms. The number of anilines is 1. The third kappa shape index (κ3) is 6.27. The number of nitrogens with zero attached hydrogens (tertiary/aromatic N) is 4. The lowest BCUT2D eigenvalue weighted by Crippen LogP contribution is -2.49. The molecule has 0 saturated heterocycles. The van der Waals surface area contributed by atoms with Crippen LogP contribution in [0, 0.1) is 17.2 Å². The van der Waals surface area contributed by atoms with E-state index in [-0.39, 0.29) is 23.6 Å². The number of aromatic nitrogens is 4. The van der Waals surface area contributed by atoms with E-state index in [1.54, 1.807) is 17.0 Å². The minimum atomic E-state index is -4.67. The van der Waals surface area contributed by atoms with Gasteiger partial charge in [0.1, 0.15) is 30.1 Å². The zero-order valence-corrected chi connectivity index (χ0v) is 23.2. The molecule has 2 heterocycles. The molecule has 4 rings (SSSR count). The summed E-state index contributed by atoms with van der Waals surface area (Å²) in [5.41, 5.74) is -1.34. The first-order chi connectivity index (χ1) is 18.6. The zero-order valence-electron chi connectivity index (χ0n) is 23.2. The number of rotatable bonds is 9. The van der Waals surface area contributed by atoms with Gasteiger partial charge in [0.2, 0.25) is 0 Å². The molecule has 1 aromatic carbocycles. The summed E-state index contributed by atoms with van der Waals surface area (Å²) < 4.78 is 56.8. The van der Waals surface area contributed by atoms with Gasteiger partial charge in [-0.25, -0.2) is 4.39 Å².